The first-order valence-electron chi connectivity index (χ1n) is 7.37. The van der Waals surface area contributed by atoms with Crippen LogP contribution in [0.25, 0.3) is 0 Å². The number of amides is 2. The lowest BCUT2D eigenvalue weighted by molar-refractivity contribution is 0.172. The maximum Gasteiger partial charge on any atom is 0.317 e. The third-order valence-electron chi connectivity index (χ3n) is 4.20. The molecule has 0 radical (unpaired) electrons. The van der Waals surface area contributed by atoms with E-state index in [0.717, 1.165) is 18.5 Å². The van der Waals surface area contributed by atoms with E-state index in [4.69, 9.17) is 5.11 Å². The fourth-order valence-corrected chi connectivity index (χ4v) is 2.38. The van der Waals surface area contributed by atoms with Crippen LogP contribution in [-0.2, 0) is 6.54 Å². The van der Waals surface area contributed by atoms with Crippen LogP contribution < -0.4 is 5.32 Å². The van der Waals surface area contributed by atoms with Crippen molar-refractivity contribution in [1.82, 2.24) is 10.2 Å². The van der Waals surface area contributed by atoms with Crippen LogP contribution in [0.3, 0.4) is 0 Å². The summed E-state index contributed by atoms with van der Waals surface area (Å²) in [5.74, 6) is 0. The molecule has 2 N–H and O–H groups in total. The number of benzene rings is 1. The molecule has 0 aliphatic heterocycles. The largest absolute Gasteiger partial charge is 0.395 e. The monoisotopic (exact) mass is 276 g/mol. The molecule has 1 aromatic rings. The SMILES string of the molecule is CCC1(CNC(=O)N(CCO)Cc2ccccc2)CC1. The summed E-state index contributed by atoms with van der Waals surface area (Å²) < 4.78 is 0. The second-order valence-electron chi connectivity index (χ2n) is 5.64. The standard InChI is InChI=1S/C16H24N2O2/c1-2-16(8-9-16)13-17-15(20)18(10-11-19)12-14-6-4-3-5-7-14/h3-7,19H,2,8-13H2,1H3,(H,17,20). The van der Waals surface area contributed by atoms with Crippen LogP contribution in [0.2, 0.25) is 0 Å². The summed E-state index contributed by atoms with van der Waals surface area (Å²) in [6.45, 7) is 3.80. The van der Waals surface area contributed by atoms with Gasteiger partial charge in [-0.05, 0) is 30.2 Å². The Morgan fingerprint density at radius 2 is 2.05 bits per heavy atom. The predicted molar refractivity (Wildman–Crippen MR) is 79.3 cm³/mol. The molecule has 4 nitrogen and oxygen atoms in total. The molecule has 0 spiro atoms. The van der Waals surface area contributed by atoms with Gasteiger partial charge >= 0.3 is 6.03 Å². The van der Waals surface area contributed by atoms with Gasteiger partial charge in [0.2, 0.25) is 0 Å². The smallest absolute Gasteiger partial charge is 0.317 e. The van der Waals surface area contributed by atoms with Crippen LogP contribution in [0.5, 0.6) is 0 Å². The van der Waals surface area contributed by atoms with E-state index in [2.05, 4.69) is 12.2 Å². The average Bonchev–Trinajstić information content (AvgIpc) is 3.26. The van der Waals surface area contributed by atoms with Gasteiger partial charge in [0.1, 0.15) is 0 Å². The van der Waals surface area contributed by atoms with Crippen LogP contribution in [0.4, 0.5) is 4.79 Å². The van der Waals surface area contributed by atoms with Crippen molar-refractivity contribution in [1.29, 1.82) is 0 Å². The van der Waals surface area contributed by atoms with E-state index in [9.17, 15) is 4.79 Å². The molecule has 20 heavy (non-hydrogen) atoms. The first-order valence-corrected chi connectivity index (χ1v) is 7.37. The van der Waals surface area contributed by atoms with Crippen molar-refractivity contribution < 1.29 is 9.90 Å². The number of hydrogen-bond acceptors (Lipinski definition) is 2. The lowest BCUT2D eigenvalue weighted by Crippen LogP contribution is -2.43. The predicted octanol–water partition coefficient (Wildman–Crippen LogP) is 2.38. The van der Waals surface area contributed by atoms with Gasteiger partial charge in [0, 0.05) is 19.6 Å². The minimum Gasteiger partial charge on any atom is -0.395 e. The third-order valence-corrected chi connectivity index (χ3v) is 4.20. The van der Waals surface area contributed by atoms with E-state index >= 15 is 0 Å². The van der Waals surface area contributed by atoms with Crippen molar-refractivity contribution in [2.24, 2.45) is 5.41 Å². The molecule has 110 valence electrons. The molecular formula is C16H24N2O2. The summed E-state index contributed by atoms with van der Waals surface area (Å²) >= 11 is 0. The van der Waals surface area contributed by atoms with Gasteiger partial charge < -0.3 is 15.3 Å². The number of hydrogen-bond donors (Lipinski definition) is 2. The molecule has 1 aliphatic rings. The maximum absolute atomic E-state index is 12.2. The fraction of sp³-hybridized carbons (Fsp3) is 0.562. The molecular weight excluding hydrogens is 252 g/mol. The maximum atomic E-state index is 12.2. The van der Waals surface area contributed by atoms with Crippen molar-refractivity contribution in [2.75, 3.05) is 19.7 Å². The molecule has 1 saturated carbocycles. The second-order valence-corrected chi connectivity index (χ2v) is 5.64. The zero-order valence-electron chi connectivity index (χ0n) is 12.1. The zero-order valence-corrected chi connectivity index (χ0v) is 12.1. The normalized spacial score (nSPS) is 15.7. The first kappa shape index (κ1) is 14.9. The van der Waals surface area contributed by atoms with Gasteiger partial charge in [-0.1, -0.05) is 37.3 Å². The molecule has 4 heteroatoms. The lowest BCUT2D eigenvalue weighted by Gasteiger charge is -2.24. The molecule has 1 aliphatic carbocycles. The Morgan fingerprint density at radius 1 is 1.35 bits per heavy atom. The van der Waals surface area contributed by atoms with Crippen LogP contribution >= 0.6 is 0 Å². The van der Waals surface area contributed by atoms with Crippen LogP contribution in [0.1, 0.15) is 31.7 Å². The Balaban J connectivity index is 1.88. The highest BCUT2D eigenvalue weighted by atomic mass is 16.3. The minimum absolute atomic E-state index is 0.0147. The highest BCUT2D eigenvalue weighted by Gasteiger charge is 2.40. The molecule has 2 rings (SSSR count). The van der Waals surface area contributed by atoms with Crippen LogP contribution in [0, 0.1) is 5.41 Å². The molecule has 2 amide bonds. The Hall–Kier alpha value is -1.55. The van der Waals surface area contributed by atoms with Gasteiger partial charge in [-0.3, -0.25) is 0 Å². The Kier molecular flexibility index (Phi) is 5.01. The Bertz CT molecular complexity index is 429. The Morgan fingerprint density at radius 3 is 2.60 bits per heavy atom. The highest BCUT2D eigenvalue weighted by molar-refractivity contribution is 5.74. The summed E-state index contributed by atoms with van der Waals surface area (Å²) in [6.07, 6.45) is 3.54. The Labute approximate surface area is 120 Å². The van der Waals surface area contributed by atoms with Gasteiger partial charge in [-0.25, -0.2) is 4.79 Å². The number of carbonyl (C=O) groups is 1. The van der Waals surface area contributed by atoms with E-state index in [1.54, 1.807) is 4.90 Å². The van der Waals surface area contributed by atoms with Gasteiger partial charge in [0.05, 0.1) is 6.61 Å². The molecule has 0 aromatic heterocycles. The second kappa shape index (κ2) is 6.75. The van der Waals surface area contributed by atoms with Gasteiger partial charge in [0.15, 0.2) is 0 Å². The third kappa shape index (κ3) is 3.97. The molecule has 0 saturated heterocycles. The summed E-state index contributed by atoms with van der Waals surface area (Å²) in [5, 5.41) is 12.1. The molecule has 0 atom stereocenters. The van der Waals surface area contributed by atoms with Gasteiger partial charge in [0.25, 0.3) is 0 Å². The highest BCUT2D eigenvalue weighted by Crippen LogP contribution is 2.47. The van der Waals surface area contributed by atoms with Crippen molar-refractivity contribution >= 4 is 6.03 Å². The zero-order chi connectivity index (χ0) is 14.4. The number of nitrogens with one attached hydrogen (secondary N) is 1. The van der Waals surface area contributed by atoms with E-state index in [0.29, 0.717) is 18.5 Å². The van der Waals surface area contributed by atoms with Crippen LogP contribution in [0.15, 0.2) is 30.3 Å². The number of carbonyl (C=O) groups excluding carboxylic acids is 1. The summed E-state index contributed by atoms with van der Waals surface area (Å²) in [5.41, 5.74) is 1.42. The van der Waals surface area contributed by atoms with Crippen molar-refractivity contribution in [3.63, 3.8) is 0 Å². The molecule has 1 fully saturated rings. The number of aliphatic hydroxyl groups is 1. The van der Waals surface area contributed by atoms with Gasteiger partial charge in [-0.15, -0.1) is 0 Å². The summed E-state index contributed by atoms with van der Waals surface area (Å²) in [6, 6.07) is 9.78. The van der Waals surface area contributed by atoms with Crippen molar-refractivity contribution in [3.8, 4) is 0 Å². The summed E-state index contributed by atoms with van der Waals surface area (Å²) in [7, 11) is 0. The molecule has 0 bridgehead atoms. The number of rotatable bonds is 7. The minimum atomic E-state index is -0.0809. The number of aliphatic hydroxyl groups excluding tert-OH is 1. The fourth-order valence-electron chi connectivity index (χ4n) is 2.38. The van der Waals surface area contributed by atoms with E-state index in [1.807, 2.05) is 30.3 Å². The topological polar surface area (TPSA) is 52.6 Å². The number of urea groups is 1. The van der Waals surface area contributed by atoms with Crippen molar-refractivity contribution in [3.05, 3.63) is 35.9 Å². The van der Waals surface area contributed by atoms with E-state index in [-0.39, 0.29) is 12.6 Å². The first-order chi connectivity index (χ1) is 9.69. The average molecular weight is 276 g/mol. The van der Waals surface area contributed by atoms with Gasteiger partial charge in [-0.2, -0.15) is 0 Å². The van der Waals surface area contributed by atoms with Crippen molar-refractivity contribution in [2.45, 2.75) is 32.7 Å². The van der Waals surface area contributed by atoms with E-state index in [1.165, 1.54) is 12.8 Å². The quantitative estimate of drug-likeness (QED) is 0.803. The molecule has 1 aromatic carbocycles. The summed E-state index contributed by atoms with van der Waals surface area (Å²) in [4.78, 5) is 13.9. The van der Waals surface area contributed by atoms with E-state index < -0.39 is 0 Å². The van der Waals surface area contributed by atoms with Crippen LogP contribution in [-0.4, -0.2) is 35.7 Å². The molecule has 0 unspecified atom stereocenters. The molecule has 0 heterocycles. The number of nitrogens with zero attached hydrogens (tertiary/aromatic N) is 1. The lowest BCUT2D eigenvalue weighted by atomic mass is 10.0.